The van der Waals surface area contributed by atoms with Crippen molar-refractivity contribution >= 4 is 26.8 Å². The second kappa shape index (κ2) is 4.77. The molecule has 1 atom stereocenters. The van der Waals surface area contributed by atoms with Crippen LogP contribution >= 0.6 is 15.9 Å². The average Bonchev–Trinajstić information content (AvgIpc) is 3.20. The smallest absolute Gasteiger partial charge is 0.0733 e. The molecule has 2 aromatic rings. The zero-order valence-corrected chi connectivity index (χ0v) is 11.4. The minimum atomic E-state index is 0.696. The lowest BCUT2D eigenvalue weighted by molar-refractivity contribution is 0.698. The third kappa shape index (κ3) is 2.52. The summed E-state index contributed by atoms with van der Waals surface area (Å²) in [6, 6.07) is 10.6. The first kappa shape index (κ1) is 11.2. The van der Waals surface area contributed by atoms with Crippen LogP contribution in [0.3, 0.4) is 0 Å². The van der Waals surface area contributed by atoms with E-state index in [1.807, 2.05) is 12.3 Å². The summed E-state index contributed by atoms with van der Waals surface area (Å²) in [7, 11) is 0. The van der Waals surface area contributed by atoms with Gasteiger partial charge in [0.2, 0.25) is 0 Å². The molecule has 1 aliphatic rings. The number of benzene rings is 1. The van der Waals surface area contributed by atoms with Gasteiger partial charge in [0, 0.05) is 16.4 Å². The molecule has 0 N–H and O–H groups in total. The van der Waals surface area contributed by atoms with Crippen LogP contribution in [0.5, 0.6) is 0 Å². The maximum Gasteiger partial charge on any atom is 0.0733 e. The van der Waals surface area contributed by atoms with Crippen LogP contribution in [0.2, 0.25) is 0 Å². The van der Waals surface area contributed by atoms with E-state index in [4.69, 9.17) is 0 Å². The molecule has 0 spiro atoms. The topological polar surface area (TPSA) is 12.9 Å². The quantitative estimate of drug-likeness (QED) is 0.763. The van der Waals surface area contributed by atoms with Crippen molar-refractivity contribution in [3.63, 3.8) is 0 Å². The Labute approximate surface area is 110 Å². The van der Waals surface area contributed by atoms with E-state index in [9.17, 15) is 0 Å². The van der Waals surface area contributed by atoms with E-state index in [0.29, 0.717) is 4.83 Å². The van der Waals surface area contributed by atoms with E-state index in [2.05, 4.69) is 45.2 Å². The van der Waals surface area contributed by atoms with Crippen LogP contribution in [0.25, 0.3) is 10.9 Å². The van der Waals surface area contributed by atoms with Crippen molar-refractivity contribution in [2.24, 2.45) is 5.92 Å². The van der Waals surface area contributed by atoms with Crippen LogP contribution < -0.4 is 0 Å². The number of alkyl halides is 1. The minimum absolute atomic E-state index is 0.696. The van der Waals surface area contributed by atoms with Gasteiger partial charge in [-0.3, -0.25) is 4.98 Å². The summed E-state index contributed by atoms with van der Waals surface area (Å²) in [5.41, 5.74) is 2.55. The fraction of sp³-hybridized carbons (Fsp3) is 0.400. The van der Waals surface area contributed by atoms with Crippen LogP contribution in [0, 0.1) is 5.92 Å². The van der Waals surface area contributed by atoms with Crippen LogP contribution in [0.4, 0.5) is 0 Å². The number of nitrogens with zero attached hydrogens (tertiary/aromatic N) is 1. The SMILES string of the molecule is BrC(CCc1cccc2cccnc12)C1CC1. The molecule has 2 heteroatoms. The van der Waals surface area contributed by atoms with E-state index in [-0.39, 0.29) is 0 Å². The fourth-order valence-electron chi connectivity index (χ4n) is 2.36. The summed E-state index contributed by atoms with van der Waals surface area (Å²) >= 11 is 3.81. The van der Waals surface area contributed by atoms with Crippen molar-refractivity contribution in [3.05, 3.63) is 42.1 Å². The van der Waals surface area contributed by atoms with Crippen LogP contribution in [-0.2, 0) is 6.42 Å². The molecular formula is C15H16BrN. The molecule has 1 fully saturated rings. The number of para-hydroxylation sites is 1. The highest BCUT2D eigenvalue weighted by Gasteiger charge is 2.28. The molecule has 1 nitrogen and oxygen atoms in total. The number of aromatic nitrogens is 1. The Morgan fingerprint density at radius 2 is 2.06 bits per heavy atom. The summed E-state index contributed by atoms with van der Waals surface area (Å²) in [6.07, 6.45) is 7.05. The third-order valence-corrected chi connectivity index (χ3v) is 4.74. The van der Waals surface area contributed by atoms with Gasteiger partial charge in [0.15, 0.2) is 0 Å². The highest BCUT2D eigenvalue weighted by atomic mass is 79.9. The maximum absolute atomic E-state index is 4.50. The Kier molecular flexibility index (Phi) is 3.15. The summed E-state index contributed by atoms with van der Waals surface area (Å²) < 4.78 is 0. The fourth-order valence-corrected chi connectivity index (χ4v) is 3.11. The molecule has 0 radical (unpaired) electrons. The molecule has 1 unspecified atom stereocenters. The van der Waals surface area contributed by atoms with Gasteiger partial charge in [-0.25, -0.2) is 0 Å². The molecule has 1 aromatic carbocycles. The maximum atomic E-state index is 4.50. The molecule has 0 saturated heterocycles. The zero-order valence-electron chi connectivity index (χ0n) is 9.77. The first-order valence-corrected chi connectivity index (χ1v) is 7.23. The molecule has 1 aromatic heterocycles. The highest BCUT2D eigenvalue weighted by Crippen LogP contribution is 2.38. The van der Waals surface area contributed by atoms with Crippen LogP contribution in [0.15, 0.2) is 36.5 Å². The average molecular weight is 290 g/mol. The molecule has 17 heavy (non-hydrogen) atoms. The Hall–Kier alpha value is -0.890. The largest absolute Gasteiger partial charge is 0.256 e. The number of hydrogen-bond acceptors (Lipinski definition) is 1. The lowest BCUT2D eigenvalue weighted by Crippen LogP contribution is -2.02. The summed E-state index contributed by atoms with van der Waals surface area (Å²) in [5.74, 6) is 0.929. The van der Waals surface area contributed by atoms with Gasteiger partial charge < -0.3 is 0 Å². The standard InChI is InChI=1S/C15H16BrN/c16-14(11-6-7-11)9-8-13-4-1-3-12-5-2-10-17-15(12)13/h1-5,10-11,14H,6-9H2. The number of aryl methyl sites for hydroxylation is 1. The van der Waals surface area contributed by atoms with Gasteiger partial charge >= 0.3 is 0 Å². The van der Waals surface area contributed by atoms with Crippen LogP contribution in [-0.4, -0.2) is 9.81 Å². The predicted molar refractivity (Wildman–Crippen MR) is 75.5 cm³/mol. The zero-order chi connectivity index (χ0) is 11.7. The van der Waals surface area contributed by atoms with Crippen molar-refractivity contribution in [2.45, 2.75) is 30.5 Å². The molecule has 1 saturated carbocycles. The lowest BCUT2D eigenvalue weighted by Gasteiger charge is -2.09. The normalized spacial score (nSPS) is 17.2. The highest BCUT2D eigenvalue weighted by molar-refractivity contribution is 9.09. The van der Waals surface area contributed by atoms with E-state index >= 15 is 0 Å². The molecular weight excluding hydrogens is 274 g/mol. The Morgan fingerprint density at radius 3 is 2.88 bits per heavy atom. The number of halogens is 1. The van der Waals surface area contributed by atoms with Gasteiger partial charge in [-0.05, 0) is 43.2 Å². The van der Waals surface area contributed by atoms with Gasteiger partial charge in [0.1, 0.15) is 0 Å². The van der Waals surface area contributed by atoms with Crippen molar-refractivity contribution < 1.29 is 0 Å². The van der Waals surface area contributed by atoms with Crippen molar-refractivity contribution in [1.82, 2.24) is 4.98 Å². The molecule has 1 aliphatic carbocycles. The summed E-state index contributed by atoms with van der Waals surface area (Å²) in [5, 5.41) is 1.25. The summed E-state index contributed by atoms with van der Waals surface area (Å²) in [4.78, 5) is 5.20. The third-order valence-electron chi connectivity index (χ3n) is 3.54. The van der Waals surface area contributed by atoms with Crippen molar-refractivity contribution in [2.75, 3.05) is 0 Å². The molecule has 0 amide bonds. The van der Waals surface area contributed by atoms with E-state index in [1.165, 1.54) is 35.7 Å². The lowest BCUT2D eigenvalue weighted by atomic mass is 10.0. The monoisotopic (exact) mass is 289 g/mol. The van der Waals surface area contributed by atoms with E-state index in [0.717, 1.165) is 12.3 Å². The van der Waals surface area contributed by atoms with Gasteiger partial charge in [-0.15, -0.1) is 0 Å². The minimum Gasteiger partial charge on any atom is -0.256 e. The van der Waals surface area contributed by atoms with Gasteiger partial charge in [0.05, 0.1) is 5.52 Å². The van der Waals surface area contributed by atoms with E-state index in [1.54, 1.807) is 0 Å². The first-order chi connectivity index (χ1) is 8.34. The van der Waals surface area contributed by atoms with Gasteiger partial charge in [-0.1, -0.05) is 40.2 Å². The van der Waals surface area contributed by atoms with Crippen LogP contribution in [0.1, 0.15) is 24.8 Å². The number of hydrogen-bond donors (Lipinski definition) is 0. The molecule has 1 heterocycles. The number of rotatable bonds is 4. The summed E-state index contributed by atoms with van der Waals surface area (Å²) in [6.45, 7) is 0. The van der Waals surface area contributed by atoms with E-state index < -0.39 is 0 Å². The number of fused-ring (bicyclic) bond motifs is 1. The van der Waals surface area contributed by atoms with Crippen molar-refractivity contribution in [3.8, 4) is 0 Å². The second-order valence-electron chi connectivity index (χ2n) is 4.88. The molecule has 88 valence electrons. The predicted octanol–water partition coefficient (Wildman–Crippen LogP) is 4.34. The number of pyridine rings is 1. The Balaban J connectivity index is 1.79. The molecule has 0 aliphatic heterocycles. The molecule has 0 bridgehead atoms. The van der Waals surface area contributed by atoms with Gasteiger partial charge in [-0.2, -0.15) is 0 Å². The van der Waals surface area contributed by atoms with Gasteiger partial charge in [0.25, 0.3) is 0 Å². The first-order valence-electron chi connectivity index (χ1n) is 6.31. The molecule has 3 rings (SSSR count). The second-order valence-corrected chi connectivity index (χ2v) is 6.06. The Bertz CT molecular complexity index is 514. The Morgan fingerprint density at radius 1 is 1.24 bits per heavy atom. The van der Waals surface area contributed by atoms with Crippen molar-refractivity contribution in [1.29, 1.82) is 0 Å².